The van der Waals surface area contributed by atoms with Crippen molar-refractivity contribution in [2.45, 2.75) is 26.6 Å². The summed E-state index contributed by atoms with van der Waals surface area (Å²) in [6.45, 7) is 3.89. The van der Waals surface area contributed by atoms with Gasteiger partial charge in [0.25, 0.3) is 0 Å². The Hall–Kier alpha value is -1.88. The van der Waals surface area contributed by atoms with E-state index in [1.807, 2.05) is 13.8 Å². The molecule has 0 aromatic heterocycles. The van der Waals surface area contributed by atoms with Crippen LogP contribution >= 0.6 is 0 Å². The van der Waals surface area contributed by atoms with E-state index in [2.05, 4.69) is 0 Å². The van der Waals surface area contributed by atoms with Crippen molar-refractivity contribution in [3.05, 3.63) is 34.9 Å². The van der Waals surface area contributed by atoms with Gasteiger partial charge >= 0.3 is 11.9 Å². The van der Waals surface area contributed by atoms with Crippen molar-refractivity contribution >= 4 is 11.9 Å². The Morgan fingerprint density at radius 2 is 1.59 bits per heavy atom. The summed E-state index contributed by atoms with van der Waals surface area (Å²) < 4.78 is 5.31. The Bertz CT molecular complexity index is 404. The van der Waals surface area contributed by atoms with Crippen LogP contribution in [-0.2, 0) is 11.3 Å². The molecule has 0 fully saturated rings. The fraction of sp³-hybridized carbons (Fsp3) is 0.333. The fourth-order valence-electron chi connectivity index (χ4n) is 1.29. The molecule has 0 radical (unpaired) electrons. The van der Waals surface area contributed by atoms with Gasteiger partial charge in [0, 0.05) is 0 Å². The SMILES string of the molecule is CC(C)OCc1cc(C(=O)O)cc(C(=O)O)c1. The number of carbonyl (C=O) groups is 2. The number of benzene rings is 1. The van der Waals surface area contributed by atoms with Gasteiger partial charge in [-0.2, -0.15) is 0 Å². The number of hydrogen-bond donors (Lipinski definition) is 2. The van der Waals surface area contributed by atoms with Gasteiger partial charge < -0.3 is 14.9 Å². The average molecular weight is 238 g/mol. The van der Waals surface area contributed by atoms with Gasteiger partial charge in [0.15, 0.2) is 0 Å². The number of aromatic carboxylic acids is 2. The molecular formula is C12H14O5. The highest BCUT2D eigenvalue weighted by Gasteiger charge is 2.11. The molecule has 0 amide bonds. The quantitative estimate of drug-likeness (QED) is 0.819. The maximum Gasteiger partial charge on any atom is 0.335 e. The molecule has 17 heavy (non-hydrogen) atoms. The first-order valence-corrected chi connectivity index (χ1v) is 5.12. The first kappa shape index (κ1) is 13.2. The van der Waals surface area contributed by atoms with E-state index in [9.17, 15) is 9.59 Å². The largest absolute Gasteiger partial charge is 0.478 e. The van der Waals surface area contributed by atoms with E-state index in [-0.39, 0.29) is 23.8 Å². The molecule has 5 nitrogen and oxygen atoms in total. The smallest absolute Gasteiger partial charge is 0.335 e. The van der Waals surface area contributed by atoms with Gasteiger partial charge in [-0.3, -0.25) is 0 Å². The van der Waals surface area contributed by atoms with Crippen molar-refractivity contribution in [1.82, 2.24) is 0 Å². The van der Waals surface area contributed by atoms with Gasteiger partial charge in [-0.25, -0.2) is 9.59 Å². The third-order valence-electron chi connectivity index (χ3n) is 2.07. The zero-order valence-electron chi connectivity index (χ0n) is 9.64. The van der Waals surface area contributed by atoms with Crippen molar-refractivity contribution in [1.29, 1.82) is 0 Å². The summed E-state index contributed by atoms with van der Waals surface area (Å²) in [5.74, 6) is -2.31. The molecule has 0 atom stereocenters. The van der Waals surface area contributed by atoms with Crippen LogP contribution in [0.2, 0.25) is 0 Å². The lowest BCUT2D eigenvalue weighted by molar-refractivity contribution is 0.0649. The van der Waals surface area contributed by atoms with E-state index in [1.54, 1.807) is 0 Å². The Balaban J connectivity index is 3.04. The van der Waals surface area contributed by atoms with Gasteiger partial charge in [-0.15, -0.1) is 0 Å². The Labute approximate surface area is 98.6 Å². The second-order valence-corrected chi connectivity index (χ2v) is 3.89. The van der Waals surface area contributed by atoms with Crippen LogP contribution in [0.1, 0.15) is 40.1 Å². The fourth-order valence-corrected chi connectivity index (χ4v) is 1.29. The van der Waals surface area contributed by atoms with Gasteiger partial charge in [0.1, 0.15) is 0 Å². The van der Waals surface area contributed by atoms with Crippen LogP contribution in [0, 0.1) is 0 Å². The molecule has 1 aromatic rings. The average Bonchev–Trinajstić information content (AvgIpc) is 2.25. The van der Waals surface area contributed by atoms with Crippen LogP contribution < -0.4 is 0 Å². The van der Waals surface area contributed by atoms with E-state index in [0.29, 0.717) is 5.56 Å². The molecule has 0 aliphatic rings. The number of carboxylic acid groups (broad SMARTS) is 2. The zero-order valence-corrected chi connectivity index (χ0v) is 9.64. The number of ether oxygens (including phenoxy) is 1. The second-order valence-electron chi connectivity index (χ2n) is 3.89. The maximum absolute atomic E-state index is 10.8. The Morgan fingerprint density at radius 1 is 1.12 bits per heavy atom. The van der Waals surface area contributed by atoms with Gasteiger partial charge in [0.05, 0.1) is 23.8 Å². The van der Waals surface area contributed by atoms with Gasteiger partial charge in [-0.1, -0.05) is 0 Å². The van der Waals surface area contributed by atoms with E-state index in [0.717, 1.165) is 6.07 Å². The summed E-state index contributed by atoms with van der Waals surface area (Å²) in [7, 11) is 0. The highest BCUT2D eigenvalue weighted by molar-refractivity contribution is 5.94. The third-order valence-corrected chi connectivity index (χ3v) is 2.07. The molecule has 0 aliphatic carbocycles. The Morgan fingerprint density at radius 3 is 1.94 bits per heavy atom. The molecule has 92 valence electrons. The lowest BCUT2D eigenvalue weighted by atomic mass is 10.1. The molecular weight excluding hydrogens is 224 g/mol. The lowest BCUT2D eigenvalue weighted by Crippen LogP contribution is -2.07. The monoisotopic (exact) mass is 238 g/mol. The molecule has 0 spiro atoms. The third kappa shape index (κ3) is 3.88. The summed E-state index contributed by atoms with van der Waals surface area (Å²) in [6, 6.07) is 3.96. The van der Waals surface area contributed by atoms with Crippen molar-refractivity contribution in [2.75, 3.05) is 0 Å². The second kappa shape index (κ2) is 5.45. The number of carboxylic acids is 2. The van der Waals surface area contributed by atoms with Crippen LogP contribution in [0.15, 0.2) is 18.2 Å². The maximum atomic E-state index is 10.8. The van der Waals surface area contributed by atoms with Crippen LogP contribution in [0.5, 0.6) is 0 Å². The van der Waals surface area contributed by atoms with E-state index >= 15 is 0 Å². The van der Waals surface area contributed by atoms with E-state index < -0.39 is 11.9 Å². The minimum absolute atomic E-state index is 0.00300. The standard InChI is InChI=1S/C12H14O5/c1-7(2)17-6-8-3-9(11(13)14)5-10(4-8)12(15)16/h3-5,7H,6H2,1-2H3,(H,13,14)(H,15,16). The van der Waals surface area contributed by atoms with Gasteiger partial charge in [-0.05, 0) is 37.6 Å². The molecule has 0 unspecified atom stereocenters. The highest BCUT2D eigenvalue weighted by Crippen LogP contribution is 2.12. The van der Waals surface area contributed by atoms with E-state index in [1.165, 1.54) is 12.1 Å². The normalized spacial score (nSPS) is 10.5. The van der Waals surface area contributed by atoms with Crippen molar-refractivity contribution < 1.29 is 24.5 Å². The first-order valence-electron chi connectivity index (χ1n) is 5.12. The minimum atomic E-state index is -1.15. The highest BCUT2D eigenvalue weighted by atomic mass is 16.5. The van der Waals surface area contributed by atoms with E-state index in [4.69, 9.17) is 14.9 Å². The number of rotatable bonds is 5. The summed E-state index contributed by atoms with van der Waals surface area (Å²) in [6.07, 6.45) is -0.00300. The van der Waals surface area contributed by atoms with Crippen molar-refractivity contribution in [2.24, 2.45) is 0 Å². The first-order chi connectivity index (χ1) is 7.90. The molecule has 0 bridgehead atoms. The van der Waals surface area contributed by atoms with Crippen molar-refractivity contribution in [3.63, 3.8) is 0 Å². The molecule has 1 rings (SSSR count). The molecule has 5 heteroatoms. The molecule has 0 aliphatic heterocycles. The predicted molar refractivity (Wildman–Crippen MR) is 60.3 cm³/mol. The topological polar surface area (TPSA) is 83.8 Å². The summed E-state index contributed by atoms with van der Waals surface area (Å²) in [5, 5.41) is 17.7. The van der Waals surface area contributed by atoms with Crippen LogP contribution in [0.3, 0.4) is 0 Å². The predicted octanol–water partition coefficient (Wildman–Crippen LogP) is 2.01. The summed E-state index contributed by atoms with van der Waals surface area (Å²) in [5.41, 5.74) is 0.440. The zero-order chi connectivity index (χ0) is 13.0. The lowest BCUT2D eigenvalue weighted by Gasteiger charge is -2.09. The van der Waals surface area contributed by atoms with Crippen LogP contribution in [-0.4, -0.2) is 28.3 Å². The molecule has 0 heterocycles. The summed E-state index contributed by atoms with van der Waals surface area (Å²) >= 11 is 0. The Kier molecular flexibility index (Phi) is 4.23. The molecule has 0 saturated carbocycles. The summed E-state index contributed by atoms with van der Waals surface area (Å²) in [4.78, 5) is 21.7. The van der Waals surface area contributed by atoms with Crippen LogP contribution in [0.4, 0.5) is 0 Å². The van der Waals surface area contributed by atoms with Crippen molar-refractivity contribution in [3.8, 4) is 0 Å². The molecule has 2 N–H and O–H groups in total. The molecule has 1 aromatic carbocycles. The van der Waals surface area contributed by atoms with Crippen LogP contribution in [0.25, 0.3) is 0 Å². The molecule has 0 saturated heterocycles. The van der Waals surface area contributed by atoms with Gasteiger partial charge in [0.2, 0.25) is 0 Å². The number of hydrogen-bond acceptors (Lipinski definition) is 3. The minimum Gasteiger partial charge on any atom is -0.478 e.